The summed E-state index contributed by atoms with van der Waals surface area (Å²) in [6, 6.07) is 9.29. The molecule has 0 heterocycles. The summed E-state index contributed by atoms with van der Waals surface area (Å²) in [5.74, 6) is 0.698. The van der Waals surface area contributed by atoms with Crippen LogP contribution in [0.3, 0.4) is 0 Å². The molecule has 1 spiro atoms. The molecule has 31 heavy (non-hydrogen) atoms. The number of benzene rings is 1. The quantitative estimate of drug-likeness (QED) is 0.669. The van der Waals surface area contributed by atoms with Gasteiger partial charge >= 0.3 is 5.97 Å². The Morgan fingerprint density at radius 1 is 1.03 bits per heavy atom. The van der Waals surface area contributed by atoms with Crippen LogP contribution in [0.25, 0.3) is 0 Å². The summed E-state index contributed by atoms with van der Waals surface area (Å²) >= 11 is 0. The van der Waals surface area contributed by atoms with E-state index in [1.165, 1.54) is 0 Å². The number of hydrogen-bond donors (Lipinski definition) is 2. The van der Waals surface area contributed by atoms with Gasteiger partial charge in [-0.15, -0.1) is 0 Å². The van der Waals surface area contributed by atoms with Gasteiger partial charge in [-0.25, -0.2) is 4.79 Å². The molecule has 4 heteroatoms. The highest BCUT2D eigenvalue weighted by Gasteiger charge is 2.71. The average molecular weight is 427 g/mol. The van der Waals surface area contributed by atoms with E-state index in [-0.39, 0.29) is 40.8 Å². The van der Waals surface area contributed by atoms with Crippen molar-refractivity contribution in [1.82, 2.24) is 0 Å². The molecule has 1 aromatic rings. The van der Waals surface area contributed by atoms with E-state index in [1.807, 2.05) is 37.3 Å². The predicted molar refractivity (Wildman–Crippen MR) is 119 cm³/mol. The van der Waals surface area contributed by atoms with E-state index in [4.69, 9.17) is 4.74 Å². The normalized spacial score (nSPS) is 48.5. The van der Waals surface area contributed by atoms with E-state index in [0.717, 1.165) is 51.4 Å². The van der Waals surface area contributed by atoms with Crippen molar-refractivity contribution in [3.8, 4) is 0 Å². The number of esters is 1. The van der Waals surface area contributed by atoms with E-state index in [2.05, 4.69) is 13.8 Å². The molecule has 0 aromatic heterocycles. The number of hydrogen-bond acceptors (Lipinski definition) is 4. The zero-order valence-corrected chi connectivity index (χ0v) is 19.3. The first-order chi connectivity index (χ1) is 14.7. The van der Waals surface area contributed by atoms with E-state index >= 15 is 0 Å². The zero-order valence-electron chi connectivity index (χ0n) is 19.3. The Hall–Kier alpha value is -1.39. The Kier molecular flexibility index (Phi) is 4.88. The second-order valence-corrected chi connectivity index (χ2v) is 12.0. The molecule has 0 unspecified atom stereocenters. The third-order valence-corrected chi connectivity index (χ3v) is 10.5. The molecule has 0 radical (unpaired) electrons. The van der Waals surface area contributed by atoms with Crippen LogP contribution in [0.15, 0.2) is 30.3 Å². The molecule has 4 aliphatic rings. The van der Waals surface area contributed by atoms with Crippen molar-refractivity contribution in [3.05, 3.63) is 35.9 Å². The molecule has 0 saturated heterocycles. The van der Waals surface area contributed by atoms with Gasteiger partial charge in [-0.05, 0) is 92.1 Å². The van der Waals surface area contributed by atoms with E-state index in [0.29, 0.717) is 17.4 Å². The summed E-state index contributed by atoms with van der Waals surface area (Å²) in [5.41, 5.74) is -0.0270. The molecule has 5 rings (SSSR count). The van der Waals surface area contributed by atoms with Crippen LogP contribution in [0.1, 0.15) is 82.5 Å². The number of ether oxygens (including phenoxy) is 1. The molecule has 4 fully saturated rings. The minimum Gasteiger partial charge on any atom is -0.458 e. The molecular weight excluding hydrogens is 388 g/mol. The second-order valence-electron chi connectivity index (χ2n) is 12.0. The highest BCUT2D eigenvalue weighted by Crippen LogP contribution is 2.75. The van der Waals surface area contributed by atoms with Gasteiger partial charge in [0.15, 0.2) is 0 Å². The largest absolute Gasteiger partial charge is 0.458 e. The number of carbonyl (C=O) groups is 1. The predicted octanol–water partition coefficient (Wildman–Crippen LogP) is 4.98. The maximum atomic E-state index is 13.1. The van der Waals surface area contributed by atoms with Gasteiger partial charge in [-0.2, -0.15) is 0 Å². The van der Waals surface area contributed by atoms with Crippen molar-refractivity contribution in [2.45, 2.75) is 83.8 Å². The van der Waals surface area contributed by atoms with Gasteiger partial charge in [-0.3, -0.25) is 0 Å². The SMILES string of the molecule is C[C@]1(CO)CCC[C@]2(C)[C@@H]1[C@@H](OC(=O)c1ccccc1)C[C@@H]1C[C@H]3C[C@]12CC[C@]3(C)O. The Morgan fingerprint density at radius 2 is 1.77 bits per heavy atom. The molecule has 0 amide bonds. The van der Waals surface area contributed by atoms with Crippen LogP contribution in [0, 0.1) is 34.0 Å². The molecule has 170 valence electrons. The van der Waals surface area contributed by atoms with Crippen molar-refractivity contribution in [2.24, 2.45) is 34.0 Å². The van der Waals surface area contributed by atoms with Gasteiger partial charge < -0.3 is 14.9 Å². The lowest BCUT2D eigenvalue weighted by Crippen LogP contribution is -2.64. The van der Waals surface area contributed by atoms with Crippen LogP contribution in [-0.4, -0.2) is 34.5 Å². The molecule has 2 bridgehead atoms. The van der Waals surface area contributed by atoms with E-state index in [9.17, 15) is 15.0 Å². The first kappa shape index (κ1) is 21.5. The van der Waals surface area contributed by atoms with Crippen molar-refractivity contribution < 1.29 is 19.7 Å². The summed E-state index contributed by atoms with van der Waals surface area (Å²) in [6.07, 6.45) is 7.91. The molecule has 4 aliphatic carbocycles. The maximum Gasteiger partial charge on any atom is 0.338 e. The third-order valence-electron chi connectivity index (χ3n) is 10.5. The molecule has 1 aromatic carbocycles. The van der Waals surface area contributed by atoms with Gasteiger partial charge in [0.05, 0.1) is 11.2 Å². The summed E-state index contributed by atoms with van der Waals surface area (Å²) in [6.45, 7) is 6.80. The van der Waals surface area contributed by atoms with Crippen LogP contribution in [0.2, 0.25) is 0 Å². The third kappa shape index (κ3) is 2.97. The number of carbonyl (C=O) groups excluding carboxylic acids is 1. The van der Waals surface area contributed by atoms with Crippen LogP contribution in [0.5, 0.6) is 0 Å². The summed E-state index contributed by atoms with van der Waals surface area (Å²) < 4.78 is 6.30. The lowest BCUT2D eigenvalue weighted by molar-refractivity contribution is -0.220. The van der Waals surface area contributed by atoms with Crippen molar-refractivity contribution >= 4 is 5.97 Å². The fourth-order valence-electron chi connectivity index (χ4n) is 8.87. The summed E-state index contributed by atoms with van der Waals surface area (Å²) in [5, 5.41) is 21.6. The molecule has 0 aliphatic heterocycles. The summed E-state index contributed by atoms with van der Waals surface area (Å²) in [4.78, 5) is 13.1. The minimum atomic E-state index is -0.584. The van der Waals surface area contributed by atoms with Crippen LogP contribution in [0.4, 0.5) is 0 Å². The monoisotopic (exact) mass is 426 g/mol. The van der Waals surface area contributed by atoms with Crippen LogP contribution in [-0.2, 0) is 4.74 Å². The van der Waals surface area contributed by atoms with Crippen molar-refractivity contribution in [3.63, 3.8) is 0 Å². The van der Waals surface area contributed by atoms with E-state index < -0.39 is 5.60 Å². The molecule has 4 nitrogen and oxygen atoms in total. The first-order valence-corrected chi connectivity index (χ1v) is 12.2. The zero-order chi connectivity index (χ0) is 22.1. The van der Waals surface area contributed by atoms with Gasteiger partial charge in [0.25, 0.3) is 0 Å². The summed E-state index contributed by atoms with van der Waals surface area (Å²) in [7, 11) is 0. The molecular formula is C27H38O4. The van der Waals surface area contributed by atoms with Gasteiger partial charge in [-0.1, -0.05) is 38.5 Å². The first-order valence-electron chi connectivity index (χ1n) is 12.2. The topological polar surface area (TPSA) is 66.8 Å². The Balaban J connectivity index is 1.55. The van der Waals surface area contributed by atoms with Crippen molar-refractivity contribution in [1.29, 1.82) is 0 Å². The Labute approximate surface area is 186 Å². The lowest BCUT2D eigenvalue weighted by Gasteiger charge is -2.67. The second kappa shape index (κ2) is 7.05. The van der Waals surface area contributed by atoms with Crippen LogP contribution < -0.4 is 0 Å². The highest BCUT2D eigenvalue weighted by atomic mass is 16.5. The van der Waals surface area contributed by atoms with E-state index in [1.54, 1.807) is 0 Å². The number of aliphatic hydroxyl groups excluding tert-OH is 1. The molecule has 2 N–H and O–H groups in total. The minimum absolute atomic E-state index is 0.0124. The van der Waals surface area contributed by atoms with Crippen LogP contribution >= 0.6 is 0 Å². The highest BCUT2D eigenvalue weighted by molar-refractivity contribution is 5.89. The standard InChI is InChI=1S/C27H38O4/c1-24(17-28)10-7-11-25(2)22(24)21(31-23(29)18-8-5-4-6-9-18)15-19-14-20-16-27(19,25)13-12-26(20,3)30/h4-6,8-9,19-22,28,30H,7,10-17H2,1-3H3/t19-,20-,21-,22+,24+,25+,26-,27+/m0/s1. The Morgan fingerprint density at radius 3 is 2.48 bits per heavy atom. The van der Waals surface area contributed by atoms with Gasteiger partial charge in [0, 0.05) is 12.5 Å². The molecule has 4 saturated carbocycles. The van der Waals surface area contributed by atoms with Crippen molar-refractivity contribution in [2.75, 3.05) is 6.61 Å². The fraction of sp³-hybridized carbons (Fsp3) is 0.741. The van der Waals surface area contributed by atoms with Gasteiger partial charge in [0.1, 0.15) is 6.10 Å². The number of fused-ring (bicyclic) bond motifs is 2. The lowest BCUT2D eigenvalue weighted by atomic mass is 9.39. The smallest absolute Gasteiger partial charge is 0.338 e. The fourth-order valence-corrected chi connectivity index (χ4v) is 8.87. The van der Waals surface area contributed by atoms with Gasteiger partial charge in [0.2, 0.25) is 0 Å². The average Bonchev–Trinajstić information content (AvgIpc) is 3.09. The number of rotatable bonds is 3. The number of aliphatic hydroxyl groups is 2. The molecule has 8 atom stereocenters. The Bertz CT molecular complexity index is 850. The maximum absolute atomic E-state index is 13.1.